The molecule has 11 heavy (non-hydrogen) atoms. The van der Waals surface area contributed by atoms with Gasteiger partial charge in [0.2, 0.25) is 3.79 Å². The van der Waals surface area contributed by atoms with E-state index in [1.165, 1.54) is 6.42 Å². The highest BCUT2D eigenvalue weighted by Gasteiger charge is 2.47. The molecule has 1 saturated carbocycles. The molecule has 0 spiro atoms. The Hall–Kier alpha value is 1.16. The van der Waals surface area contributed by atoms with Gasteiger partial charge in [-0.2, -0.15) is 0 Å². The fourth-order valence-corrected chi connectivity index (χ4v) is 2.23. The standard InChI is InChI=1S/C7H10Cl4/c8-6(7(9,10)11)4-2-1-3-5-6/h1-5H2. The van der Waals surface area contributed by atoms with Gasteiger partial charge in [0.25, 0.3) is 0 Å². The summed E-state index contributed by atoms with van der Waals surface area (Å²) in [5.41, 5.74) is 0. The zero-order chi connectivity index (χ0) is 8.54. The lowest BCUT2D eigenvalue weighted by atomic mass is 9.89. The van der Waals surface area contributed by atoms with Gasteiger partial charge in [0.05, 0.1) is 4.87 Å². The van der Waals surface area contributed by atoms with Gasteiger partial charge in [-0.3, -0.25) is 0 Å². The molecule has 66 valence electrons. The van der Waals surface area contributed by atoms with Crippen LogP contribution in [0.4, 0.5) is 0 Å². The van der Waals surface area contributed by atoms with E-state index >= 15 is 0 Å². The third kappa shape index (κ3) is 2.30. The first kappa shape index (κ1) is 10.2. The summed E-state index contributed by atoms with van der Waals surface area (Å²) in [6.45, 7) is 0. The normalized spacial score (nSPS) is 25.1. The first-order valence-corrected chi connectivity index (χ1v) is 5.22. The second-order valence-corrected chi connectivity index (χ2v) is 6.03. The van der Waals surface area contributed by atoms with Crippen LogP contribution in [-0.4, -0.2) is 8.67 Å². The molecule has 0 aromatic rings. The van der Waals surface area contributed by atoms with E-state index in [2.05, 4.69) is 0 Å². The van der Waals surface area contributed by atoms with Crippen molar-refractivity contribution < 1.29 is 0 Å². The highest BCUT2D eigenvalue weighted by molar-refractivity contribution is 6.71. The third-order valence-electron chi connectivity index (χ3n) is 2.15. The fourth-order valence-electron chi connectivity index (χ4n) is 1.40. The largest absolute Gasteiger partial charge is 0.209 e. The summed E-state index contributed by atoms with van der Waals surface area (Å²) >= 11 is 23.4. The molecule has 0 aromatic heterocycles. The summed E-state index contributed by atoms with van der Waals surface area (Å²) in [7, 11) is 0. The lowest BCUT2D eigenvalue weighted by Gasteiger charge is -2.36. The average Bonchev–Trinajstić information content (AvgIpc) is 1.87. The summed E-state index contributed by atoms with van der Waals surface area (Å²) in [5, 5.41) is 0. The summed E-state index contributed by atoms with van der Waals surface area (Å²) in [6, 6.07) is 0. The van der Waals surface area contributed by atoms with Gasteiger partial charge in [-0.15, -0.1) is 11.6 Å². The van der Waals surface area contributed by atoms with Crippen LogP contribution in [0.3, 0.4) is 0 Å². The summed E-state index contributed by atoms with van der Waals surface area (Å²) in [6.07, 6.45) is 4.96. The minimum Gasteiger partial charge on any atom is -0.115 e. The monoisotopic (exact) mass is 234 g/mol. The predicted molar refractivity (Wildman–Crippen MR) is 52.0 cm³/mol. The van der Waals surface area contributed by atoms with Gasteiger partial charge in [0, 0.05) is 0 Å². The Kier molecular flexibility index (Phi) is 3.25. The van der Waals surface area contributed by atoms with Gasteiger partial charge in [-0.1, -0.05) is 54.1 Å². The highest BCUT2D eigenvalue weighted by Crippen LogP contribution is 2.50. The molecule has 0 unspecified atom stereocenters. The van der Waals surface area contributed by atoms with Crippen molar-refractivity contribution in [3.05, 3.63) is 0 Å². The molecule has 0 radical (unpaired) electrons. The molecule has 0 nitrogen and oxygen atoms in total. The van der Waals surface area contributed by atoms with Crippen molar-refractivity contribution in [2.24, 2.45) is 0 Å². The van der Waals surface area contributed by atoms with E-state index < -0.39 is 8.67 Å². The topological polar surface area (TPSA) is 0 Å². The second-order valence-electron chi connectivity index (χ2n) is 3.02. The van der Waals surface area contributed by atoms with E-state index in [1.54, 1.807) is 0 Å². The van der Waals surface area contributed by atoms with E-state index in [0.717, 1.165) is 25.7 Å². The molecular formula is C7H10Cl4. The van der Waals surface area contributed by atoms with Gasteiger partial charge < -0.3 is 0 Å². The average molecular weight is 236 g/mol. The van der Waals surface area contributed by atoms with Crippen molar-refractivity contribution in [2.75, 3.05) is 0 Å². The van der Waals surface area contributed by atoms with E-state index in [-0.39, 0.29) is 0 Å². The number of alkyl halides is 4. The van der Waals surface area contributed by atoms with E-state index in [0.29, 0.717) is 0 Å². The molecular weight excluding hydrogens is 226 g/mol. The molecule has 0 amide bonds. The van der Waals surface area contributed by atoms with Crippen LogP contribution in [0.25, 0.3) is 0 Å². The number of hydrogen-bond acceptors (Lipinski definition) is 0. The molecule has 0 atom stereocenters. The molecule has 0 bridgehead atoms. The Labute approximate surface area is 87.1 Å². The molecule has 0 aliphatic heterocycles. The Morgan fingerprint density at radius 2 is 1.36 bits per heavy atom. The summed E-state index contributed by atoms with van der Waals surface area (Å²) in [4.78, 5) is -0.615. The molecule has 1 aliphatic carbocycles. The first-order valence-electron chi connectivity index (χ1n) is 3.71. The van der Waals surface area contributed by atoms with Gasteiger partial charge in [-0.05, 0) is 12.8 Å². The molecule has 1 rings (SSSR count). The van der Waals surface area contributed by atoms with Crippen LogP contribution in [-0.2, 0) is 0 Å². The maximum atomic E-state index is 6.16. The smallest absolute Gasteiger partial charge is 0.115 e. The van der Waals surface area contributed by atoms with Crippen LogP contribution < -0.4 is 0 Å². The van der Waals surface area contributed by atoms with E-state index in [9.17, 15) is 0 Å². The maximum absolute atomic E-state index is 6.16. The van der Waals surface area contributed by atoms with Crippen molar-refractivity contribution in [1.29, 1.82) is 0 Å². The zero-order valence-electron chi connectivity index (χ0n) is 6.05. The second kappa shape index (κ2) is 3.49. The number of rotatable bonds is 0. The maximum Gasteiger partial charge on any atom is 0.209 e. The molecule has 4 heteroatoms. The Bertz CT molecular complexity index is 132. The quantitative estimate of drug-likeness (QED) is 0.550. The molecule has 0 heterocycles. The van der Waals surface area contributed by atoms with Crippen molar-refractivity contribution in [1.82, 2.24) is 0 Å². The van der Waals surface area contributed by atoms with E-state index in [4.69, 9.17) is 46.4 Å². The SMILES string of the molecule is ClC(Cl)(Cl)C1(Cl)CCCCC1. The van der Waals surface area contributed by atoms with Crippen LogP contribution >= 0.6 is 46.4 Å². The van der Waals surface area contributed by atoms with Crippen LogP contribution in [0, 0.1) is 0 Å². The van der Waals surface area contributed by atoms with Gasteiger partial charge in [0.15, 0.2) is 0 Å². The molecule has 1 aliphatic rings. The van der Waals surface area contributed by atoms with Crippen LogP contribution in [0.5, 0.6) is 0 Å². The lowest BCUT2D eigenvalue weighted by Crippen LogP contribution is -2.38. The van der Waals surface area contributed by atoms with Crippen molar-refractivity contribution in [2.45, 2.75) is 40.8 Å². The fraction of sp³-hybridized carbons (Fsp3) is 1.00. The molecule has 0 N–H and O–H groups in total. The van der Waals surface area contributed by atoms with E-state index in [1.807, 2.05) is 0 Å². The van der Waals surface area contributed by atoms with Crippen LogP contribution in [0.1, 0.15) is 32.1 Å². The highest BCUT2D eigenvalue weighted by atomic mass is 35.6. The van der Waals surface area contributed by atoms with Crippen molar-refractivity contribution in [3.63, 3.8) is 0 Å². The minimum absolute atomic E-state index is 0.615. The lowest BCUT2D eigenvalue weighted by molar-refractivity contribution is 0.393. The Morgan fingerprint density at radius 1 is 0.909 bits per heavy atom. The number of hydrogen-bond donors (Lipinski definition) is 0. The molecule has 0 saturated heterocycles. The summed E-state index contributed by atoms with van der Waals surface area (Å²) < 4.78 is -1.31. The third-order valence-corrected chi connectivity index (χ3v) is 4.19. The first-order chi connectivity index (χ1) is 4.96. The van der Waals surface area contributed by atoms with Crippen LogP contribution in [0.15, 0.2) is 0 Å². The minimum atomic E-state index is -1.31. The van der Waals surface area contributed by atoms with Gasteiger partial charge in [0.1, 0.15) is 0 Å². The summed E-state index contributed by atoms with van der Waals surface area (Å²) in [5.74, 6) is 0. The molecule has 0 aromatic carbocycles. The van der Waals surface area contributed by atoms with Crippen molar-refractivity contribution in [3.8, 4) is 0 Å². The van der Waals surface area contributed by atoms with Gasteiger partial charge in [-0.25, -0.2) is 0 Å². The zero-order valence-corrected chi connectivity index (χ0v) is 9.07. The van der Waals surface area contributed by atoms with Crippen LogP contribution in [0.2, 0.25) is 0 Å². The Morgan fingerprint density at radius 3 is 1.64 bits per heavy atom. The van der Waals surface area contributed by atoms with Gasteiger partial charge >= 0.3 is 0 Å². The number of halogens is 4. The van der Waals surface area contributed by atoms with Crippen molar-refractivity contribution >= 4 is 46.4 Å². The molecule has 1 fully saturated rings. The Balaban J connectivity index is 2.64. The predicted octanol–water partition coefficient (Wildman–Crippen LogP) is 4.30.